The highest BCUT2D eigenvalue weighted by atomic mass is 79.9. The summed E-state index contributed by atoms with van der Waals surface area (Å²) in [5.74, 6) is -1.80. The Bertz CT molecular complexity index is 1650. The average molecular weight is 689 g/mol. The van der Waals surface area contributed by atoms with E-state index in [4.69, 9.17) is 11.6 Å². The Balaban J connectivity index is 1.40. The highest BCUT2D eigenvalue weighted by molar-refractivity contribution is 9.10. The van der Waals surface area contributed by atoms with E-state index in [0.717, 1.165) is 28.4 Å². The number of hydrogen-bond donors (Lipinski definition) is 3. The first-order valence-corrected chi connectivity index (χ1v) is 14.7. The monoisotopic (exact) mass is 687 g/mol. The smallest absolute Gasteiger partial charge is 0.325 e. The molecule has 0 aliphatic heterocycles. The molecule has 0 aliphatic rings. The van der Waals surface area contributed by atoms with Gasteiger partial charge in [-0.3, -0.25) is 14.4 Å². The fraction of sp³-hybridized carbons (Fsp3) is 0.0645. The van der Waals surface area contributed by atoms with Crippen LogP contribution >= 0.6 is 39.3 Å². The van der Waals surface area contributed by atoms with E-state index in [-0.39, 0.29) is 22.2 Å². The van der Waals surface area contributed by atoms with Crippen molar-refractivity contribution in [1.82, 2.24) is 5.32 Å². The molecule has 0 saturated carbocycles. The van der Waals surface area contributed by atoms with Gasteiger partial charge in [0.15, 0.2) is 0 Å². The molecular weight excluding hydrogens is 667 g/mol. The molecule has 0 saturated heterocycles. The van der Waals surface area contributed by atoms with Crippen LogP contribution in [0.2, 0.25) is 5.02 Å². The van der Waals surface area contributed by atoms with E-state index in [9.17, 15) is 27.6 Å². The molecule has 0 heterocycles. The van der Waals surface area contributed by atoms with Gasteiger partial charge in [-0.15, -0.1) is 11.8 Å². The first-order chi connectivity index (χ1) is 20.5. The summed E-state index contributed by atoms with van der Waals surface area (Å²) in [6.07, 6.45) is -3.13. The molecule has 0 radical (unpaired) electrons. The Hall–Kier alpha value is -4.06. The van der Waals surface area contributed by atoms with Crippen LogP contribution in [0.1, 0.15) is 21.5 Å². The fourth-order valence-corrected chi connectivity index (χ4v) is 4.83. The second kappa shape index (κ2) is 14.4. The second-order valence-corrected chi connectivity index (χ2v) is 11.3. The van der Waals surface area contributed by atoms with E-state index in [2.05, 4.69) is 31.9 Å². The largest absolute Gasteiger partial charge is 0.418 e. The molecule has 0 atom stereocenters. The summed E-state index contributed by atoms with van der Waals surface area (Å²) < 4.78 is 40.8. The highest BCUT2D eigenvalue weighted by Crippen LogP contribution is 2.36. The van der Waals surface area contributed by atoms with E-state index < -0.39 is 29.5 Å². The number of hydrogen-bond acceptors (Lipinski definition) is 4. The van der Waals surface area contributed by atoms with Gasteiger partial charge >= 0.3 is 6.18 Å². The van der Waals surface area contributed by atoms with E-state index in [1.165, 1.54) is 6.07 Å². The van der Waals surface area contributed by atoms with Crippen LogP contribution < -0.4 is 16.0 Å². The second-order valence-electron chi connectivity index (χ2n) is 8.93. The van der Waals surface area contributed by atoms with Crippen molar-refractivity contribution in [1.29, 1.82) is 0 Å². The molecule has 0 fully saturated rings. The number of carbonyl (C=O) groups excluding carboxylic acids is 3. The molecule has 0 aliphatic carbocycles. The van der Waals surface area contributed by atoms with Crippen LogP contribution in [0.5, 0.6) is 0 Å². The van der Waals surface area contributed by atoms with Gasteiger partial charge in [0.2, 0.25) is 5.91 Å². The van der Waals surface area contributed by atoms with Crippen molar-refractivity contribution in [3.05, 3.63) is 129 Å². The van der Waals surface area contributed by atoms with Crippen LogP contribution in [-0.4, -0.2) is 23.5 Å². The number of carbonyl (C=O) groups is 3. The summed E-state index contributed by atoms with van der Waals surface area (Å²) in [7, 11) is 0. The van der Waals surface area contributed by atoms with Gasteiger partial charge in [0.1, 0.15) is 5.70 Å². The van der Waals surface area contributed by atoms with Crippen molar-refractivity contribution in [2.45, 2.75) is 11.1 Å². The molecule has 4 aromatic carbocycles. The molecule has 0 bridgehead atoms. The van der Waals surface area contributed by atoms with E-state index >= 15 is 0 Å². The number of thioether (sulfide) groups is 1. The Kier molecular flexibility index (Phi) is 10.7. The molecule has 0 unspecified atom stereocenters. The van der Waals surface area contributed by atoms with Gasteiger partial charge in [0, 0.05) is 25.6 Å². The zero-order valence-corrected chi connectivity index (χ0v) is 25.2. The van der Waals surface area contributed by atoms with Crippen molar-refractivity contribution < 1.29 is 27.6 Å². The van der Waals surface area contributed by atoms with Crippen molar-refractivity contribution in [2.24, 2.45) is 0 Å². The minimum atomic E-state index is -4.68. The minimum absolute atomic E-state index is 0.0201. The van der Waals surface area contributed by atoms with Crippen LogP contribution in [0.25, 0.3) is 6.08 Å². The molecule has 3 N–H and O–H groups in total. The lowest BCUT2D eigenvalue weighted by molar-refractivity contribution is -0.137. The first kappa shape index (κ1) is 31.9. The van der Waals surface area contributed by atoms with Crippen molar-refractivity contribution in [3.8, 4) is 0 Å². The average Bonchev–Trinajstić information content (AvgIpc) is 2.98. The number of anilines is 2. The van der Waals surface area contributed by atoms with Crippen LogP contribution in [0.4, 0.5) is 24.5 Å². The Morgan fingerprint density at radius 2 is 1.53 bits per heavy atom. The van der Waals surface area contributed by atoms with Gasteiger partial charge in [-0.05, 0) is 78.4 Å². The van der Waals surface area contributed by atoms with Crippen LogP contribution in [-0.2, 0) is 15.8 Å². The molecule has 3 amide bonds. The van der Waals surface area contributed by atoms with Gasteiger partial charge < -0.3 is 16.0 Å². The molecule has 6 nitrogen and oxygen atoms in total. The molecule has 4 aromatic rings. The number of alkyl halides is 3. The third-order valence-electron chi connectivity index (χ3n) is 5.75. The lowest BCUT2D eigenvalue weighted by Gasteiger charge is -2.14. The number of nitrogens with one attached hydrogen (secondary N) is 3. The third-order valence-corrected chi connectivity index (χ3v) is 7.53. The third kappa shape index (κ3) is 9.47. The molecule has 0 spiro atoms. The van der Waals surface area contributed by atoms with Gasteiger partial charge in [-0.2, -0.15) is 13.2 Å². The Morgan fingerprint density at radius 3 is 2.19 bits per heavy atom. The topological polar surface area (TPSA) is 87.3 Å². The zero-order valence-electron chi connectivity index (χ0n) is 22.0. The lowest BCUT2D eigenvalue weighted by atomic mass is 10.1. The van der Waals surface area contributed by atoms with Crippen molar-refractivity contribution >= 4 is 74.5 Å². The van der Waals surface area contributed by atoms with E-state index in [1.807, 2.05) is 12.1 Å². The summed E-state index contributed by atoms with van der Waals surface area (Å²) >= 11 is 10.2. The van der Waals surface area contributed by atoms with Gasteiger partial charge in [-0.25, -0.2) is 0 Å². The fourth-order valence-electron chi connectivity index (χ4n) is 3.70. The van der Waals surface area contributed by atoms with E-state index in [0.29, 0.717) is 21.7 Å². The molecule has 220 valence electrons. The predicted octanol–water partition coefficient (Wildman–Crippen LogP) is 8.26. The standard InChI is InChI=1S/C31H22BrClF3N3O3S/c32-21-8-6-19(7-9-21)16-27(39-29(41)20-4-2-1-3-5-20)30(42)37-23-11-13-24(14-12-23)43-18-28(40)38-26-15-10-22(33)17-25(26)31(34,35)36/h1-17H,18H2,(H,37,42)(H,38,40)(H,39,41)/b27-16-. The van der Waals surface area contributed by atoms with Crippen LogP contribution in [0.15, 0.2) is 112 Å². The Morgan fingerprint density at radius 1 is 0.860 bits per heavy atom. The maximum absolute atomic E-state index is 13.3. The normalized spacial score (nSPS) is 11.5. The van der Waals surface area contributed by atoms with Gasteiger partial charge in [0.05, 0.1) is 17.0 Å². The molecular formula is C31H22BrClF3N3O3S. The van der Waals surface area contributed by atoms with Crippen molar-refractivity contribution in [3.63, 3.8) is 0 Å². The maximum Gasteiger partial charge on any atom is 0.418 e. The summed E-state index contributed by atoms with van der Waals surface area (Å²) in [6, 6.07) is 25.3. The van der Waals surface area contributed by atoms with Crippen LogP contribution in [0.3, 0.4) is 0 Å². The van der Waals surface area contributed by atoms with Crippen molar-refractivity contribution in [2.75, 3.05) is 16.4 Å². The summed E-state index contributed by atoms with van der Waals surface area (Å²) in [4.78, 5) is 39.0. The predicted molar refractivity (Wildman–Crippen MR) is 167 cm³/mol. The molecule has 12 heteroatoms. The summed E-state index contributed by atoms with van der Waals surface area (Å²) in [6.45, 7) is 0. The van der Waals surface area contributed by atoms with Gasteiger partial charge in [0.25, 0.3) is 11.8 Å². The Labute approximate surface area is 262 Å². The van der Waals surface area contributed by atoms with E-state index in [1.54, 1.807) is 72.8 Å². The number of rotatable bonds is 9. The molecule has 0 aromatic heterocycles. The number of halogens is 5. The maximum atomic E-state index is 13.3. The zero-order chi connectivity index (χ0) is 31.0. The number of amides is 3. The van der Waals surface area contributed by atoms with Crippen LogP contribution in [0, 0.1) is 0 Å². The SMILES string of the molecule is O=C(CSc1ccc(NC(=O)/C(=C/c2ccc(Br)cc2)NC(=O)c2ccccc2)cc1)Nc1ccc(Cl)cc1C(F)(F)F. The lowest BCUT2D eigenvalue weighted by Crippen LogP contribution is -2.30. The quantitative estimate of drug-likeness (QED) is 0.122. The number of benzene rings is 4. The molecule has 4 rings (SSSR count). The van der Waals surface area contributed by atoms with Gasteiger partial charge in [-0.1, -0.05) is 57.9 Å². The molecule has 43 heavy (non-hydrogen) atoms. The summed E-state index contributed by atoms with van der Waals surface area (Å²) in [5, 5.41) is 7.59. The summed E-state index contributed by atoms with van der Waals surface area (Å²) in [5.41, 5.74) is 0.0943. The first-order valence-electron chi connectivity index (χ1n) is 12.5. The highest BCUT2D eigenvalue weighted by Gasteiger charge is 2.34. The minimum Gasteiger partial charge on any atom is -0.325 e.